The summed E-state index contributed by atoms with van der Waals surface area (Å²) in [6.07, 6.45) is 4.83. The molecule has 2 heterocycles. The maximum absolute atomic E-state index is 14.1. The van der Waals surface area contributed by atoms with Gasteiger partial charge in [0.25, 0.3) is 0 Å². The van der Waals surface area contributed by atoms with Crippen LogP contribution >= 0.6 is 0 Å². The molecule has 0 spiro atoms. The first kappa shape index (κ1) is 26.0. The minimum absolute atomic E-state index is 0.0351. The Labute approximate surface area is 198 Å². The Balaban J connectivity index is 1.55. The highest BCUT2D eigenvalue weighted by molar-refractivity contribution is 7.89. The number of piperidine rings is 1. The van der Waals surface area contributed by atoms with E-state index < -0.39 is 39.6 Å². The number of amides is 1. The van der Waals surface area contributed by atoms with Gasteiger partial charge in [-0.3, -0.25) is 10.0 Å². The van der Waals surface area contributed by atoms with E-state index >= 15 is 0 Å². The number of benzene rings is 1. The highest BCUT2D eigenvalue weighted by Crippen LogP contribution is 2.23. The first-order valence-corrected chi connectivity index (χ1v) is 12.6. The monoisotopic (exact) mass is 496 g/mol. The highest BCUT2D eigenvalue weighted by Gasteiger charge is 2.33. The Morgan fingerprint density at radius 3 is 2.56 bits per heavy atom. The van der Waals surface area contributed by atoms with Gasteiger partial charge in [-0.15, -0.1) is 0 Å². The van der Waals surface area contributed by atoms with Gasteiger partial charge in [0.2, 0.25) is 16.4 Å². The van der Waals surface area contributed by atoms with E-state index in [1.54, 1.807) is 26.3 Å². The van der Waals surface area contributed by atoms with Crippen LogP contribution in [0.2, 0.25) is 0 Å². The van der Waals surface area contributed by atoms with Crippen molar-refractivity contribution in [2.45, 2.75) is 44.2 Å². The van der Waals surface area contributed by atoms with Crippen LogP contribution in [0, 0.1) is 11.6 Å². The number of sulfonamides is 1. The number of halogens is 2. The zero-order valence-electron chi connectivity index (χ0n) is 18.8. The summed E-state index contributed by atoms with van der Waals surface area (Å²) in [7, 11) is -2.25. The smallest absolute Gasteiger partial charge is 0.233 e. The fourth-order valence-electron chi connectivity index (χ4n) is 3.91. The molecule has 1 N–H and O–H groups in total. The number of carbonyl (C=O) groups excluding carboxylic acids is 1. The predicted molar refractivity (Wildman–Crippen MR) is 122 cm³/mol. The Morgan fingerprint density at radius 1 is 1.26 bits per heavy atom. The Bertz CT molecular complexity index is 1050. The molecule has 13 heteroatoms. The third kappa shape index (κ3) is 6.94. The summed E-state index contributed by atoms with van der Waals surface area (Å²) in [5.41, 5.74) is 0.327. The number of aryl methyl sites for hydroxylation is 1. The van der Waals surface area contributed by atoms with Crippen LogP contribution in [-0.4, -0.2) is 78.2 Å². The molecule has 1 amide bonds. The summed E-state index contributed by atoms with van der Waals surface area (Å²) in [5, 5.41) is 10.3. The second-order valence-electron chi connectivity index (χ2n) is 8.22. The molecule has 1 aliphatic heterocycles. The molecular formula is C21H27BF2N4O5S. The molecule has 9 nitrogen and oxygen atoms in total. The van der Waals surface area contributed by atoms with E-state index in [1.165, 1.54) is 10.4 Å². The Hall–Kier alpha value is -2.64. The van der Waals surface area contributed by atoms with Crippen LogP contribution in [0.15, 0.2) is 30.6 Å². The number of ether oxygens (including phenoxy) is 1. The van der Waals surface area contributed by atoms with E-state index in [0.717, 1.165) is 6.07 Å². The zero-order valence-corrected chi connectivity index (χ0v) is 19.6. The molecule has 2 aromatic rings. The van der Waals surface area contributed by atoms with Crippen molar-refractivity contribution < 1.29 is 31.9 Å². The molecule has 1 atom stereocenters. The van der Waals surface area contributed by atoms with E-state index in [0.29, 0.717) is 42.0 Å². The molecule has 1 saturated heterocycles. The Kier molecular flexibility index (Phi) is 8.92. The maximum Gasteiger partial charge on any atom is 0.233 e. The largest absolute Gasteiger partial charge is 0.488 e. The average Bonchev–Trinajstić information content (AvgIpc) is 2.81. The molecule has 1 aromatic heterocycles. The van der Waals surface area contributed by atoms with Crippen LogP contribution in [0.4, 0.5) is 8.78 Å². The summed E-state index contributed by atoms with van der Waals surface area (Å²) < 4.78 is 60.3. The van der Waals surface area contributed by atoms with Crippen molar-refractivity contribution >= 4 is 29.7 Å². The third-order valence-corrected chi connectivity index (χ3v) is 7.67. The van der Waals surface area contributed by atoms with Gasteiger partial charge in [0.05, 0.1) is 11.8 Å². The summed E-state index contributed by atoms with van der Waals surface area (Å²) in [5.74, 6) is -1.37. The van der Waals surface area contributed by atoms with Gasteiger partial charge in [0.15, 0.2) is 5.82 Å². The number of hydroxylamine groups is 2. The predicted octanol–water partition coefficient (Wildman–Crippen LogP) is 0.425. The molecule has 34 heavy (non-hydrogen) atoms. The van der Waals surface area contributed by atoms with E-state index in [-0.39, 0.29) is 31.7 Å². The first-order valence-electron chi connectivity index (χ1n) is 11.0. The molecule has 1 fully saturated rings. The topological polar surface area (TPSA) is 113 Å². The summed E-state index contributed by atoms with van der Waals surface area (Å²) >= 11 is 0. The standard InChI is InChI=1S/C21H27BF2N4O5S/c22-18-11-15(23)12-19(24)21(18)33-17-5-9-27(10-6-17)34(31,32)13-16(28(30)14-29)3-1-4-20-25-7-2-8-26-20/h2,7-8,11-12,14,16-17,30H,1,3-6,9-10,13,22H2. The van der Waals surface area contributed by atoms with Gasteiger partial charge in [-0.25, -0.2) is 36.5 Å². The van der Waals surface area contributed by atoms with Crippen LogP contribution in [0.25, 0.3) is 0 Å². The van der Waals surface area contributed by atoms with Gasteiger partial charge >= 0.3 is 0 Å². The van der Waals surface area contributed by atoms with Gasteiger partial charge in [-0.1, -0.05) is 0 Å². The van der Waals surface area contributed by atoms with Crippen LogP contribution in [-0.2, 0) is 21.2 Å². The van der Waals surface area contributed by atoms with Gasteiger partial charge in [-0.2, -0.15) is 0 Å². The van der Waals surface area contributed by atoms with E-state index in [9.17, 15) is 27.2 Å². The van der Waals surface area contributed by atoms with Gasteiger partial charge < -0.3 is 4.74 Å². The third-order valence-electron chi connectivity index (χ3n) is 5.72. The highest BCUT2D eigenvalue weighted by atomic mass is 32.2. The molecule has 0 aliphatic carbocycles. The molecule has 1 aliphatic rings. The van der Waals surface area contributed by atoms with E-state index in [2.05, 4.69) is 9.97 Å². The second kappa shape index (κ2) is 11.7. The molecule has 0 saturated carbocycles. The minimum Gasteiger partial charge on any atom is -0.488 e. The fourth-order valence-corrected chi connectivity index (χ4v) is 5.70. The fraction of sp³-hybridized carbons (Fsp3) is 0.476. The van der Waals surface area contributed by atoms with Crippen molar-refractivity contribution in [1.29, 1.82) is 0 Å². The number of rotatable bonds is 11. The van der Waals surface area contributed by atoms with E-state index in [1.807, 2.05) is 0 Å². The van der Waals surface area contributed by atoms with Gasteiger partial charge in [0, 0.05) is 38.0 Å². The summed E-state index contributed by atoms with van der Waals surface area (Å²) in [4.78, 5) is 19.3. The number of nitrogens with zero attached hydrogens (tertiary/aromatic N) is 4. The molecule has 0 bridgehead atoms. The molecular weight excluding hydrogens is 469 g/mol. The lowest BCUT2D eigenvalue weighted by Crippen LogP contribution is -2.47. The van der Waals surface area contributed by atoms with Crippen molar-refractivity contribution in [3.63, 3.8) is 0 Å². The van der Waals surface area contributed by atoms with Crippen molar-refractivity contribution in [3.8, 4) is 5.75 Å². The number of hydrogen-bond donors (Lipinski definition) is 1. The lowest BCUT2D eigenvalue weighted by molar-refractivity contribution is -0.158. The number of aromatic nitrogens is 2. The molecule has 1 unspecified atom stereocenters. The van der Waals surface area contributed by atoms with Crippen molar-refractivity contribution in [1.82, 2.24) is 19.3 Å². The number of hydrogen-bond acceptors (Lipinski definition) is 7. The van der Waals surface area contributed by atoms with Gasteiger partial charge in [0.1, 0.15) is 31.3 Å². The van der Waals surface area contributed by atoms with Crippen molar-refractivity contribution in [2.24, 2.45) is 0 Å². The zero-order chi connectivity index (χ0) is 24.7. The average molecular weight is 496 g/mol. The van der Waals surface area contributed by atoms with Crippen LogP contribution < -0.4 is 10.2 Å². The first-order chi connectivity index (χ1) is 16.2. The normalized spacial score (nSPS) is 16.2. The van der Waals surface area contributed by atoms with Crippen LogP contribution in [0.3, 0.4) is 0 Å². The van der Waals surface area contributed by atoms with Crippen LogP contribution in [0.5, 0.6) is 5.75 Å². The quantitative estimate of drug-likeness (QED) is 0.208. The molecule has 1 aromatic carbocycles. The molecule has 3 rings (SSSR count). The maximum atomic E-state index is 14.1. The second-order valence-corrected chi connectivity index (χ2v) is 10.2. The van der Waals surface area contributed by atoms with Gasteiger partial charge in [-0.05, 0) is 43.3 Å². The molecule has 0 radical (unpaired) electrons. The summed E-state index contributed by atoms with van der Waals surface area (Å²) in [6, 6.07) is 2.69. The number of carbonyl (C=O) groups is 1. The lowest BCUT2D eigenvalue weighted by atomic mass is 9.94. The van der Waals surface area contributed by atoms with Crippen molar-refractivity contribution in [2.75, 3.05) is 18.8 Å². The summed E-state index contributed by atoms with van der Waals surface area (Å²) in [6.45, 7) is 0.290. The SMILES string of the molecule is Bc1cc(F)cc(F)c1OC1CCN(S(=O)(=O)CC(CCCc2ncccn2)N(O)C=O)CC1. The van der Waals surface area contributed by atoms with Crippen LogP contribution in [0.1, 0.15) is 31.5 Å². The molecule has 184 valence electrons. The lowest BCUT2D eigenvalue weighted by Gasteiger charge is -2.33. The van der Waals surface area contributed by atoms with E-state index in [4.69, 9.17) is 4.74 Å². The Morgan fingerprint density at radius 2 is 1.94 bits per heavy atom. The minimum atomic E-state index is -3.79. The van der Waals surface area contributed by atoms with Crippen molar-refractivity contribution in [3.05, 3.63) is 48.1 Å².